The molecule has 126 valence electrons. The maximum atomic E-state index is 14.0. The van der Waals surface area contributed by atoms with Crippen LogP contribution in [0.3, 0.4) is 0 Å². The lowest BCUT2D eigenvalue weighted by molar-refractivity contribution is 0.0691. The third-order valence-corrected chi connectivity index (χ3v) is 4.23. The van der Waals surface area contributed by atoms with Gasteiger partial charge in [0, 0.05) is 0 Å². The Labute approximate surface area is 149 Å². The molecule has 0 amide bonds. The Balaban J connectivity index is 1.89. The van der Waals surface area contributed by atoms with Crippen molar-refractivity contribution in [2.24, 2.45) is 0 Å². The summed E-state index contributed by atoms with van der Waals surface area (Å²) >= 11 is 5.86. The summed E-state index contributed by atoms with van der Waals surface area (Å²) in [6, 6.07) is 4.60. The molecule has 0 unspecified atom stereocenters. The van der Waals surface area contributed by atoms with Gasteiger partial charge in [0.1, 0.15) is 24.3 Å². The second kappa shape index (κ2) is 7.01. The molecule has 3 rings (SSSR count). The first-order valence-corrected chi connectivity index (χ1v) is 8.05. The van der Waals surface area contributed by atoms with E-state index >= 15 is 0 Å². The van der Waals surface area contributed by atoms with E-state index in [-0.39, 0.29) is 35.1 Å². The van der Waals surface area contributed by atoms with Gasteiger partial charge in [-0.1, -0.05) is 23.4 Å². The molecule has 0 aliphatic heterocycles. The highest BCUT2D eigenvalue weighted by Crippen LogP contribution is 2.42. The molecule has 1 fully saturated rings. The number of hydrogen-bond acceptors (Lipinski definition) is 3. The molecule has 25 heavy (non-hydrogen) atoms. The number of allylic oxidation sites excluding steroid dienone is 4. The van der Waals surface area contributed by atoms with Gasteiger partial charge in [-0.2, -0.15) is 5.26 Å². The van der Waals surface area contributed by atoms with E-state index in [2.05, 4.69) is 11.8 Å². The maximum Gasteiger partial charge on any atom is 0.338 e. The molecule has 1 aromatic rings. The first kappa shape index (κ1) is 17.1. The van der Waals surface area contributed by atoms with Crippen molar-refractivity contribution in [3.63, 3.8) is 0 Å². The summed E-state index contributed by atoms with van der Waals surface area (Å²) in [6.07, 6.45) is 3.54. The van der Waals surface area contributed by atoms with Gasteiger partial charge in [0.15, 0.2) is 0 Å². The number of carboxylic acids is 1. The van der Waals surface area contributed by atoms with E-state index in [1.807, 2.05) is 6.07 Å². The summed E-state index contributed by atoms with van der Waals surface area (Å²) in [7, 11) is 0. The highest BCUT2D eigenvalue weighted by Gasteiger charge is 2.28. The van der Waals surface area contributed by atoms with E-state index in [9.17, 15) is 14.4 Å². The fraction of sp³-hybridized carbons (Fsp3) is 0.263. The molecule has 0 atom stereocenters. The molecule has 1 N–H and O–H groups in total. The zero-order valence-electron chi connectivity index (χ0n) is 13.1. The molecule has 1 saturated carbocycles. The average Bonchev–Trinajstić information content (AvgIpc) is 3.40. The SMILES string of the molecule is N#CC1=C(OCc2cc(F)c(C(=O)O)cc2C2CC2)CC#CC(Cl)=C1. The summed E-state index contributed by atoms with van der Waals surface area (Å²) < 4.78 is 19.8. The van der Waals surface area contributed by atoms with Crippen LogP contribution in [-0.2, 0) is 11.3 Å². The standard InChI is InChI=1S/C19H13ClFNO3/c20-14-2-1-3-18(12(6-14)9-22)25-10-13-7-17(21)16(19(23)24)8-15(13)11-4-5-11/h6-8,11H,3-5,10H2,(H,23,24). The zero-order chi connectivity index (χ0) is 18.0. The maximum absolute atomic E-state index is 14.0. The third-order valence-electron chi connectivity index (χ3n) is 4.03. The number of rotatable bonds is 5. The number of nitriles is 1. The topological polar surface area (TPSA) is 70.3 Å². The number of hydrogen-bond donors (Lipinski definition) is 1. The van der Waals surface area contributed by atoms with Crippen LogP contribution in [0.1, 0.15) is 46.7 Å². The second-order valence-corrected chi connectivity index (χ2v) is 6.23. The first-order valence-electron chi connectivity index (χ1n) is 7.67. The Morgan fingerprint density at radius 1 is 1.48 bits per heavy atom. The van der Waals surface area contributed by atoms with E-state index < -0.39 is 11.8 Å². The van der Waals surface area contributed by atoms with E-state index in [4.69, 9.17) is 21.4 Å². The summed E-state index contributed by atoms with van der Waals surface area (Å²) in [5.74, 6) is 3.99. The summed E-state index contributed by atoms with van der Waals surface area (Å²) in [4.78, 5) is 11.1. The van der Waals surface area contributed by atoms with Crippen LogP contribution in [0.5, 0.6) is 0 Å². The minimum Gasteiger partial charge on any atom is -0.491 e. The van der Waals surface area contributed by atoms with E-state index in [0.29, 0.717) is 11.3 Å². The summed E-state index contributed by atoms with van der Waals surface area (Å²) in [5.41, 5.74) is 1.30. The van der Waals surface area contributed by atoms with Crippen molar-refractivity contribution in [2.75, 3.05) is 0 Å². The van der Waals surface area contributed by atoms with Crippen molar-refractivity contribution in [3.8, 4) is 17.9 Å². The lowest BCUT2D eigenvalue weighted by Gasteiger charge is -2.14. The minimum atomic E-state index is -1.29. The molecule has 4 nitrogen and oxygen atoms in total. The van der Waals surface area contributed by atoms with Crippen molar-refractivity contribution in [1.29, 1.82) is 5.26 Å². The van der Waals surface area contributed by atoms with Gasteiger partial charge in [-0.3, -0.25) is 0 Å². The molecule has 0 radical (unpaired) electrons. The van der Waals surface area contributed by atoms with Gasteiger partial charge < -0.3 is 9.84 Å². The Morgan fingerprint density at radius 2 is 2.24 bits per heavy atom. The molecule has 1 aromatic carbocycles. The average molecular weight is 358 g/mol. The number of carbonyl (C=O) groups is 1. The van der Waals surface area contributed by atoms with Crippen molar-refractivity contribution in [1.82, 2.24) is 0 Å². The molecule has 2 aliphatic carbocycles. The number of aromatic carboxylic acids is 1. The first-order chi connectivity index (χ1) is 12.0. The van der Waals surface area contributed by atoms with Crippen molar-refractivity contribution < 1.29 is 19.0 Å². The van der Waals surface area contributed by atoms with Gasteiger partial charge in [0.05, 0.1) is 22.6 Å². The molecule has 0 bridgehead atoms. The van der Waals surface area contributed by atoms with Crippen molar-refractivity contribution >= 4 is 17.6 Å². The Hall–Kier alpha value is -2.76. The number of halogens is 2. The molecule has 0 heterocycles. The minimum absolute atomic E-state index is 0.0380. The highest BCUT2D eigenvalue weighted by molar-refractivity contribution is 6.32. The van der Waals surface area contributed by atoms with Gasteiger partial charge in [-0.05, 0) is 48.1 Å². The van der Waals surface area contributed by atoms with Crippen LogP contribution < -0.4 is 0 Å². The zero-order valence-corrected chi connectivity index (χ0v) is 13.9. The lowest BCUT2D eigenvalue weighted by atomic mass is 10.00. The van der Waals surface area contributed by atoms with Gasteiger partial charge in [-0.15, -0.1) is 0 Å². The Bertz CT molecular complexity index is 911. The lowest BCUT2D eigenvalue weighted by Crippen LogP contribution is -2.06. The fourth-order valence-corrected chi connectivity index (χ4v) is 2.81. The number of nitrogens with zero attached hydrogens (tertiary/aromatic N) is 1. The fourth-order valence-electron chi connectivity index (χ4n) is 2.63. The van der Waals surface area contributed by atoms with Crippen LogP contribution in [0.25, 0.3) is 0 Å². The predicted molar refractivity (Wildman–Crippen MR) is 89.1 cm³/mol. The molecular formula is C19H13ClFNO3. The molecular weight excluding hydrogens is 345 g/mol. The van der Waals surface area contributed by atoms with Crippen LogP contribution in [-0.4, -0.2) is 11.1 Å². The monoisotopic (exact) mass is 357 g/mol. The Kier molecular flexibility index (Phi) is 4.79. The van der Waals surface area contributed by atoms with Gasteiger partial charge in [-0.25, -0.2) is 9.18 Å². The second-order valence-electron chi connectivity index (χ2n) is 5.82. The normalized spacial score (nSPS) is 16.3. The largest absolute Gasteiger partial charge is 0.491 e. The van der Waals surface area contributed by atoms with E-state index in [0.717, 1.165) is 18.4 Å². The highest BCUT2D eigenvalue weighted by atomic mass is 35.5. The van der Waals surface area contributed by atoms with Crippen LogP contribution in [0.4, 0.5) is 4.39 Å². The molecule has 0 saturated heterocycles. The van der Waals surface area contributed by atoms with E-state index in [1.54, 1.807) is 0 Å². The number of carboxylic acid groups (broad SMARTS) is 1. The van der Waals surface area contributed by atoms with Crippen molar-refractivity contribution in [2.45, 2.75) is 31.8 Å². The van der Waals surface area contributed by atoms with Gasteiger partial charge >= 0.3 is 5.97 Å². The predicted octanol–water partition coefficient (Wildman–Crippen LogP) is 4.23. The van der Waals surface area contributed by atoms with Gasteiger partial charge in [0.25, 0.3) is 0 Å². The number of ether oxygens (including phenoxy) is 1. The Morgan fingerprint density at radius 3 is 2.88 bits per heavy atom. The molecule has 6 heteroatoms. The summed E-state index contributed by atoms with van der Waals surface area (Å²) in [5, 5.41) is 18.6. The smallest absolute Gasteiger partial charge is 0.338 e. The molecule has 0 aromatic heterocycles. The number of benzene rings is 1. The third kappa shape index (κ3) is 3.84. The summed E-state index contributed by atoms with van der Waals surface area (Å²) in [6.45, 7) is 0.0380. The van der Waals surface area contributed by atoms with Crippen LogP contribution in [0.2, 0.25) is 0 Å². The van der Waals surface area contributed by atoms with Crippen LogP contribution >= 0.6 is 11.6 Å². The van der Waals surface area contributed by atoms with E-state index in [1.165, 1.54) is 18.2 Å². The molecule has 0 spiro atoms. The molecule has 2 aliphatic rings. The van der Waals surface area contributed by atoms with Crippen LogP contribution in [0.15, 0.2) is 34.6 Å². The quantitative estimate of drug-likeness (QED) is 0.801. The van der Waals surface area contributed by atoms with Crippen molar-refractivity contribution in [3.05, 3.63) is 57.1 Å². The van der Waals surface area contributed by atoms with Gasteiger partial charge in [0.2, 0.25) is 0 Å². The van der Waals surface area contributed by atoms with Crippen LogP contribution in [0, 0.1) is 29.0 Å².